The van der Waals surface area contributed by atoms with E-state index in [-0.39, 0.29) is 6.04 Å². The quantitative estimate of drug-likeness (QED) is 0.698. The number of aromatic amines is 1. The fourth-order valence-corrected chi connectivity index (χ4v) is 2.96. The van der Waals surface area contributed by atoms with Crippen LogP contribution in [0.4, 0.5) is 0 Å². The Balaban J connectivity index is 2.22. The van der Waals surface area contributed by atoms with Crippen molar-refractivity contribution in [2.45, 2.75) is 19.9 Å². The van der Waals surface area contributed by atoms with Crippen molar-refractivity contribution in [3.05, 3.63) is 57.4 Å². The van der Waals surface area contributed by atoms with Crippen LogP contribution >= 0.6 is 23.8 Å². The Hall–Kier alpha value is -1.65. The minimum absolute atomic E-state index is 0.0734. The molecular formula is C15H14ClN3S. The van der Waals surface area contributed by atoms with E-state index in [2.05, 4.69) is 16.9 Å². The molecule has 0 saturated carbocycles. The molecule has 2 aromatic heterocycles. The van der Waals surface area contributed by atoms with Crippen LogP contribution in [0.15, 0.2) is 36.5 Å². The first-order chi connectivity index (χ1) is 9.58. The van der Waals surface area contributed by atoms with Gasteiger partial charge in [-0.1, -0.05) is 23.7 Å². The summed E-state index contributed by atoms with van der Waals surface area (Å²) in [5, 5.41) is 0.727. The van der Waals surface area contributed by atoms with E-state index in [9.17, 15) is 0 Å². The van der Waals surface area contributed by atoms with Crippen LogP contribution in [0.25, 0.3) is 11.2 Å². The normalized spacial score (nSPS) is 12.8. The molecule has 0 radical (unpaired) electrons. The number of hydrogen-bond acceptors (Lipinski definition) is 2. The standard InChI is InChI=1S/C15H14ClN3S/c1-9-6-7-17-14-13(9)18-15(20)19(14)10(2)11-4-3-5-12(16)8-11/h3-8,10H,1-2H3,(H,18,20). The number of imidazole rings is 1. The maximum Gasteiger partial charge on any atom is 0.179 e. The first-order valence-corrected chi connectivity index (χ1v) is 7.18. The number of nitrogens with one attached hydrogen (secondary N) is 1. The number of rotatable bonds is 2. The second kappa shape index (κ2) is 5.04. The lowest BCUT2D eigenvalue weighted by Gasteiger charge is -2.14. The van der Waals surface area contributed by atoms with Gasteiger partial charge in [-0.25, -0.2) is 4.98 Å². The predicted octanol–water partition coefficient (Wildman–Crippen LogP) is 4.67. The lowest BCUT2D eigenvalue weighted by atomic mass is 10.1. The summed E-state index contributed by atoms with van der Waals surface area (Å²) in [5.74, 6) is 0. The Labute approximate surface area is 127 Å². The van der Waals surface area contributed by atoms with Crippen molar-refractivity contribution in [1.82, 2.24) is 14.5 Å². The van der Waals surface area contributed by atoms with Crippen LogP contribution in [-0.2, 0) is 0 Å². The van der Waals surface area contributed by atoms with Gasteiger partial charge in [0.15, 0.2) is 10.4 Å². The van der Waals surface area contributed by atoms with Crippen molar-refractivity contribution in [3.63, 3.8) is 0 Å². The summed E-state index contributed by atoms with van der Waals surface area (Å²) in [6, 6.07) is 9.88. The van der Waals surface area contributed by atoms with Gasteiger partial charge in [-0.05, 0) is 55.4 Å². The number of hydrogen-bond donors (Lipinski definition) is 1. The maximum atomic E-state index is 6.07. The average molecular weight is 304 g/mol. The van der Waals surface area contributed by atoms with E-state index in [1.165, 1.54) is 0 Å². The second-order valence-corrected chi connectivity index (χ2v) is 5.68. The molecule has 5 heteroatoms. The van der Waals surface area contributed by atoms with Crippen molar-refractivity contribution in [3.8, 4) is 0 Å². The molecule has 2 heterocycles. The van der Waals surface area contributed by atoms with Gasteiger partial charge in [0.05, 0.1) is 11.6 Å². The third-order valence-electron chi connectivity index (χ3n) is 3.54. The molecule has 3 nitrogen and oxygen atoms in total. The van der Waals surface area contributed by atoms with Gasteiger partial charge in [0.25, 0.3) is 0 Å². The molecule has 0 bridgehead atoms. The molecule has 1 atom stereocenters. The summed E-state index contributed by atoms with van der Waals surface area (Å²) >= 11 is 11.5. The molecule has 1 unspecified atom stereocenters. The van der Waals surface area contributed by atoms with Crippen LogP contribution < -0.4 is 0 Å². The van der Waals surface area contributed by atoms with Crippen LogP contribution in [-0.4, -0.2) is 14.5 Å². The van der Waals surface area contributed by atoms with Gasteiger partial charge >= 0.3 is 0 Å². The lowest BCUT2D eigenvalue weighted by Crippen LogP contribution is -2.07. The zero-order valence-corrected chi connectivity index (χ0v) is 12.8. The molecule has 0 amide bonds. The summed E-state index contributed by atoms with van der Waals surface area (Å²) in [7, 11) is 0. The minimum atomic E-state index is 0.0734. The average Bonchev–Trinajstić information content (AvgIpc) is 2.76. The van der Waals surface area contributed by atoms with E-state index in [1.54, 1.807) is 0 Å². The van der Waals surface area contributed by atoms with Crippen LogP contribution in [0.1, 0.15) is 24.1 Å². The fraction of sp³-hybridized carbons (Fsp3) is 0.200. The van der Waals surface area contributed by atoms with E-state index < -0.39 is 0 Å². The van der Waals surface area contributed by atoms with Crippen molar-refractivity contribution >= 4 is 35.0 Å². The molecule has 1 N–H and O–H groups in total. The minimum Gasteiger partial charge on any atom is -0.329 e. The summed E-state index contributed by atoms with van der Waals surface area (Å²) < 4.78 is 2.71. The predicted molar refractivity (Wildman–Crippen MR) is 84.9 cm³/mol. The molecule has 0 aliphatic carbocycles. The topological polar surface area (TPSA) is 33.6 Å². The van der Waals surface area contributed by atoms with Crippen molar-refractivity contribution in [1.29, 1.82) is 0 Å². The van der Waals surface area contributed by atoms with Crippen LogP contribution in [0.3, 0.4) is 0 Å². The van der Waals surface area contributed by atoms with Gasteiger partial charge in [-0.15, -0.1) is 0 Å². The summed E-state index contributed by atoms with van der Waals surface area (Å²) in [4.78, 5) is 7.71. The zero-order chi connectivity index (χ0) is 14.3. The van der Waals surface area contributed by atoms with E-state index in [0.29, 0.717) is 4.77 Å². The number of pyridine rings is 1. The molecule has 102 valence electrons. The summed E-state index contributed by atoms with van der Waals surface area (Å²) in [5.41, 5.74) is 4.12. The molecule has 3 rings (SSSR count). The zero-order valence-electron chi connectivity index (χ0n) is 11.2. The number of H-pyrrole nitrogens is 1. The van der Waals surface area contributed by atoms with Crippen molar-refractivity contribution < 1.29 is 0 Å². The molecular weight excluding hydrogens is 290 g/mol. The SMILES string of the molecule is Cc1ccnc2c1[nH]c(=S)n2C(C)c1cccc(Cl)c1. The van der Waals surface area contributed by atoms with Crippen LogP contribution in [0, 0.1) is 11.7 Å². The lowest BCUT2D eigenvalue weighted by molar-refractivity contribution is 0.644. The van der Waals surface area contributed by atoms with Gasteiger partial charge in [0.1, 0.15) is 0 Å². The monoisotopic (exact) mass is 303 g/mol. The molecule has 0 aliphatic rings. The first kappa shape index (κ1) is 13.3. The molecule has 0 fully saturated rings. The number of benzene rings is 1. The Kier molecular flexibility index (Phi) is 3.36. The van der Waals surface area contributed by atoms with E-state index in [1.807, 2.05) is 48.0 Å². The van der Waals surface area contributed by atoms with Gasteiger partial charge in [0.2, 0.25) is 0 Å². The van der Waals surface area contributed by atoms with Crippen LogP contribution in [0.5, 0.6) is 0 Å². The third-order valence-corrected chi connectivity index (χ3v) is 4.07. The summed E-state index contributed by atoms with van der Waals surface area (Å²) in [6.45, 7) is 4.14. The highest BCUT2D eigenvalue weighted by atomic mass is 35.5. The molecule has 20 heavy (non-hydrogen) atoms. The highest BCUT2D eigenvalue weighted by Gasteiger charge is 2.15. The van der Waals surface area contributed by atoms with Gasteiger partial charge < -0.3 is 4.98 Å². The Morgan fingerprint density at radius 1 is 1.35 bits per heavy atom. The highest BCUT2D eigenvalue weighted by molar-refractivity contribution is 7.71. The first-order valence-electron chi connectivity index (χ1n) is 6.39. The Morgan fingerprint density at radius 2 is 2.15 bits per heavy atom. The summed E-state index contributed by atoms with van der Waals surface area (Å²) in [6.07, 6.45) is 1.81. The van der Waals surface area contributed by atoms with E-state index >= 15 is 0 Å². The molecule has 3 aromatic rings. The van der Waals surface area contributed by atoms with Gasteiger partial charge in [-0.2, -0.15) is 0 Å². The molecule has 0 aliphatic heterocycles. The molecule has 1 aromatic carbocycles. The molecule has 0 spiro atoms. The smallest absolute Gasteiger partial charge is 0.179 e. The number of aromatic nitrogens is 3. The largest absolute Gasteiger partial charge is 0.329 e. The molecule has 0 saturated heterocycles. The van der Waals surface area contributed by atoms with E-state index in [0.717, 1.165) is 27.3 Å². The van der Waals surface area contributed by atoms with Crippen LogP contribution in [0.2, 0.25) is 5.02 Å². The van der Waals surface area contributed by atoms with Gasteiger partial charge in [0, 0.05) is 11.2 Å². The third kappa shape index (κ3) is 2.15. The maximum absolute atomic E-state index is 6.07. The number of fused-ring (bicyclic) bond motifs is 1. The van der Waals surface area contributed by atoms with Gasteiger partial charge in [-0.3, -0.25) is 4.57 Å². The number of nitrogens with zero attached hydrogens (tertiary/aromatic N) is 2. The second-order valence-electron chi connectivity index (χ2n) is 4.86. The fourth-order valence-electron chi connectivity index (χ4n) is 2.42. The number of halogens is 1. The van der Waals surface area contributed by atoms with Crippen molar-refractivity contribution in [2.75, 3.05) is 0 Å². The van der Waals surface area contributed by atoms with E-state index in [4.69, 9.17) is 23.8 Å². The Bertz CT molecular complexity index is 834. The highest BCUT2D eigenvalue weighted by Crippen LogP contribution is 2.26. The number of aryl methyl sites for hydroxylation is 1. The Morgan fingerprint density at radius 3 is 2.90 bits per heavy atom. The van der Waals surface area contributed by atoms with Crippen molar-refractivity contribution in [2.24, 2.45) is 0 Å².